The Kier molecular flexibility index (Phi) is 8.42. The number of benzene rings is 1. The van der Waals surface area contributed by atoms with Crippen molar-refractivity contribution in [3.8, 4) is 11.5 Å². The van der Waals surface area contributed by atoms with Crippen LogP contribution in [-0.2, 0) is 14.3 Å². The fourth-order valence-corrected chi connectivity index (χ4v) is 3.96. The van der Waals surface area contributed by atoms with Gasteiger partial charge in [0.1, 0.15) is 24.6 Å². The van der Waals surface area contributed by atoms with E-state index in [2.05, 4.69) is 24.5 Å². The molecule has 36 heavy (non-hydrogen) atoms. The Bertz CT molecular complexity index is 1250. The Balaban J connectivity index is 1.84. The number of esters is 1. The van der Waals surface area contributed by atoms with Gasteiger partial charge in [0.2, 0.25) is 11.5 Å². The van der Waals surface area contributed by atoms with Gasteiger partial charge >= 0.3 is 19.8 Å². The lowest BCUT2D eigenvalue weighted by atomic mass is 10.1. The van der Waals surface area contributed by atoms with Gasteiger partial charge < -0.3 is 35.1 Å². The van der Waals surface area contributed by atoms with Gasteiger partial charge in [0.05, 0.1) is 7.11 Å². The SMILES string of the molecule is COC(=O)[C@H](C)N=[P+]([O-])Oc1ccccc1OC[C@@]1(N=[N+]=[N-])OC(n2ccc(N)nc2=O)[C@H](O)[C@@H]1O. The number of hydrogen-bond acceptors (Lipinski definition) is 13. The van der Waals surface area contributed by atoms with Crippen LogP contribution in [0.5, 0.6) is 11.5 Å². The van der Waals surface area contributed by atoms with Crippen LogP contribution < -0.4 is 25.6 Å². The third-order valence-electron chi connectivity index (χ3n) is 5.01. The van der Waals surface area contributed by atoms with Gasteiger partial charge in [-0.2, -0.15) is 4.98 Å². The van der Waals surface area contributed by atoms with E-state index in [0.717, 1.165) is 11.7 Å². The number of ether oxygens (including phenoxy) is 3. The quantitative estimate of drug-likeness (QED) is 0.129. The first-order chi connectivity index (χ1) is 17.1. The van der Waals surface area contributed by atoms with E-state index >= 15 is 0 Å². The summed E-state index contributed by atoms with van der Waals surface area (Å²) in [6.45, 7) is 0.715. The molecule has 16 nitrogen and oxygen atoms in total. The smallest absolute Gasteiger partial charge is 0.395 e. The number of aromatic nitrogens is 2. The largest absolute Gasteiger partial charge is 0.575 e. The molecule has 1 aromatic carbocycles. The van der Waals surface area contributed by atoms with Crippen LogP contribution in [0.2, 0.25) is 0 Å². The number of aliphatic hydroxyl groups is 2. The summed E-state index contributed by atoms with van der Waals surface area (Å²) >= 11 is 0. The summed E-state index contributed by atoms with van der Waals surface area (Å²) in [5.41, 5.74) is 11.5. The molecule has 1 saturated heterocycles. The summed E-state index contributed by atoms with van der Waals surface area (Å²) in [5, 5.41) is 24.7. The summed E-state index contributed by atoms with van der Waals surface area (Å²) in [6, 6.07) is 6.12. The fourth-order valence-electron chi connectivity index (χ4n) is 3.21. The summed E-state index contributed by atoms with van der Waals surface area (Å²) in [4.78, 5) is 42.1. The number of methoxy groups -OCH3 is 1. The standard InChI is InChI=1S/C19H22N7O9P/c1-10(17(29)32-2)23-36(31)35-12-6-4-3-5-11(12)33-9-19(24-25-21)15(28)14(27)16(34-19)26-8-7-13(20)22-18(26)30/h3-8,10,14-16,27-28H,9H2,1-2H3,(H2,20,22,30)/t10-,14+,15-,16?,19+/m0/s1. The number of nitrogen functional groups attached to an aromatic ring is 1. The van der Waals surface area contributed by atoms with Gasteiger partial charge in [0.15, 0.2) is 18.0 Å². The van der Waals surface area contributed by atoms with Crippen LogP contribution in [0, 0.1) is 0 Å². The first-order valence-corrected chi connectivity index (χ1v) is 11.4. The molecule has 6 atom stereocenters. The molecule has 192 valence electrons. The number of carbonyl (C=O) groups is 1. The second-order valence-electron chi connectivity index (χ2n) is 7.40. The number of anilines is 1. The highest BCUT2D eigenvalue weighted by Gasteiger charge is 2.56. The second-order valence-corrected chi connectivity index (χ2v) is 8.29. The highest BCUT2D eigenvalue weighted by Crippen LogP contribution is 2.40. The minimum Gasteiger partial charge on any atom is -0.575 e. The monoisotopic (exact) mass is 523 g/mol. The van der Waals surface area contributed by atoms with Gasteiger partial charge in [0, 0.05) is 11.1 Å². The minimum absolute atomic E-state index is 0.0191. The van der Waals surface area contributed by atoms with Gasteiger partial charge in [-0.15, -0.1) is 0 Å². The Morgan fingerprint density at radius 1 is 1.42 bits per heavy atom. The number of para-hydroxylation sites is 2. The predicted molar refractivity (Wildman–Crippen MR) is 120 cm³/mol. The van der Waals surface area contributed by atoms with Gasteiger partial charge in [-0.05, 0) is 30.7 Å². The molecule has 0 aliphatic carbocycles. The lowest BCUT2D eigenvalue weighted by Crippen LogP contribution is -2.46. The number of carbonyl (C=O) groups excluding carboxylic acids is 1. The second kappa shape index (κ2) is 11.3. The van der Waals surface area contributed by atoms with E-state index in [1.165, 1.54) is 31.3 Å². The average molecular weight is 523 g/mol. The fraction of sp³-hybridized carbons (Fsp3) is 0.421. The van der Waals surface area contributed by atoms with Gasteiger partial charge in [0.25, 0.3) is 0 Å². The van der Waals surface area contributed by atoms with Crippen molar-refractivity contribution in [1.29, 1.82) is 0 Å². The van der Waals surface area contributed by atoms with Gasteiger partial charge in [-0.3, -0.25) is 9.09 Å². The summed E-state index contributed by atoms with van der Waals surface area (Å²) in [7, 11) is -1.56. The van der Waals surface area contributed by atoms with E-state index in [1.54, 1.807) is 12.1 Å². The maximum atomic E-state index is 12.3. The zero-order chi connectivity index (χ0) is 26.5. The molecule has 0 spiro atoms. The van der Waals surface area contributed by atoms with E-state index < -0.39 is 56.6 Å². The minimum atomic E-state index is -2.71. The number of azide groups is 1. The van der Waals surface area contributed by atoms with Crippen molar-refractivity contribution in [3.63, 3.8) is 0 Å². The van der Waals surface area contributed by atoms with Crippen LogP contribution in [-0.4, -0.2) is 63.4 Å². The summed E-state index contributed by atoms with van der Waals surface area (Å²) in [6.07, 6.45) is -3.85. The van der Waals surface area contributed by atoms with Crippen LogP contribution in [0.1, 0.15) is 13.2 Å². The summed E-state index contributed by atoms with van der Waals surface area (Å²) in [5.74, 6) is -0.858. The Labute approximate surface area is 204 Å². The zero-order valence-corrected chi connectivity index (χ0v) is 19.8. The third kappa shape index (κ3) is 5.71. The molecule has 2 heterocycles. The van der Waals surface area contributed by atoms with Crippen LogP contribution >= 0.6 is 8.17 Å². The van der Waals surface area contributed by atoms with Crippen LogP contribution in [0.15, 0.2) is 51.2 Å². The van der Waals surface area contributed by atoms with Crippen LogP contribution in [0.25, 0.3) is 10.4 Å². The molecule has 1 aromatic heterocycles. The molecule has 2 unspecified atom stereocenters. The van der Waals surface area contributed by atoms with Crippen molar-refractivity contribution in [2.24, 2.45) is 9.86 Å². The topological polar surface area (TPSA) is 240 Å². The normalized spacial score (nSPS) is 24.5. The molecule has 0 saturated carbocycles. The number of nitrogens with zero attached hydrogens (tertiary/aromatic N) is 6. The highest BCUT2D eigenvalue weighted by molar-refractivity contribution is 7.34. The predicted octanol–water partition coefficient (Wildman–Crippen LogP) is -0.0422. The molecule has 3 rings (SSSR count). The number of rotatable bonds is 9. The van der Waals surface area contributed by atoms with Crippen molar-refractivity contribution in [2.45, 2.75) is 37.1 Å². The highest BCUT2D eigenvalue weighted by atomic mass is 31.1. The molecule has 1 aliphatic rings. The van der Waals surface area contributed by atoms with Crippen molar-refractivity contribution < 1.29 is 38.6 Å². The van der Waals surface area contributed by atoms with E-state index in [4.69, 9.17) is 25.3 Å². The zero-order valence-electron chi connectivity index (χ0n) is 18.9. The van der Waals surface area contributed by atoms with Crippen LogP contribution in [0.3, 0.4) is 0 Å². The summed E-state index contributed by atoms with van der Waals surface area (Å²) < 4.78 is 25.6. The number of hydrogen-bond donors (Lipinski definition) is 3. The molecule has 2 aromatic rings. The lowest BCUT2D eigenvalue weighted by Gasteiger charge is -2.26. The molecular formula is C19H22N7O9P. The van der Waals surface area contributed by atoms with Crippen LogP contribution in [0.4, 0.5) is 5.82 Å². The molecule has 1 aliphatic heterocycles. The molecule has 17 heteroatoms. The Morgan fingerprint density at radius 2 is 2.11 bits per heavy atom. The number of nitrogens with two attached hydrogens (primary N) is 1. The average Bonchev–Trinajstić information content (AvgIpc) is 3.08. The van der Waals surface area contributed by atoms with Gasteiger partial charge in [-0.25, -0.2) is 9.59 Å². The van der Waals surface area contributed by atoms with E-state index in [-0.39, 0.29) is 17.3 Å². The maximum absolute atomic E-state index is 12.3. The third-order valence-corrected chi connectivity index (χ3v) is 5.90. The van der Waals surface area contributed by atoms with Crippen molar-refractivity contribution in [2.75, 3.05) is 19.5 Å². The Hall–Kier alpha value is -3.78. The first kappa shape index (κ1) is 26.8. The lowest BCUT2D eigenvalue weighted by molar-refractivity contribution is -0.169. The molecule has 1 fully saturated rings. The molecule has 0 amide bonds. The molecule has 4 N–H and O–H groups in total. The number of aliphatic hydroxyl groups excluding tert-OH is 2. The maximum Gasteiger partial charge on any atom is 0.395 e. The van der Waals surface area contributed by atoms with Crippen molar-refractivity contribution in [3.05, 3.63) is 57.5 Å². The Morgan fingerprint density at radius 3 is 2.75 bits per heavy atom. The van der Waals surface area contributed by atoms with E-state index in [1.807, 2.05) is 0 Å². The van der Waals surface area contributed by atoms with E-state index in [0.29, 0.717) is 0 Å². The van der Waals surface area contributed by atoms with Crippen molar-refractivity contribution >= 4 is 20.0 Å². The molecular weight excluding hydrogens is 501 g/mol. The molecule has 0 bridgehead atoms. The molecule has 0 radical (unpaired) electrons. The van der Waals surface area contributed by atoms with E-state index in [9.17, 15) is 24.7 Å². The van der Waals surface area contributed by atoms with Crippen molar-refractivity contribution in [1.82, 2.24) is 9.55 Å². The van der Waals surface area contributed by atoms with Gasteiger partial charge in [-0.1, -0.05) is 22.0 Å². The first-order valence-electron chi connectivity index (χ1n) is 10.2.